The van der Waals surface area contributed by atoms with Crippen molar-refractivity contribution in [3.05, 3.63) is 58.4 Å². The molecule has 3 nitrogen and oxygen atoms in total. The van der Waals surface area contributed by atoms with Crippen LogP contribution in [0.15, 0.2) is 36.5 Å². The summed E-state index contributed by atoms with van der Waals surface area (Å²) in [5.41, 5.74) is 0.740. The van der Waals surface area contributed by atoms with Gasteiger partial charge in [-0.05, 0) is 18.2 Å². The number of hydrogen-bond acceptors (Lipinski definition) is 2. The van der Waals surface area contributed by atoms with E-state index in [0.29, 0.717) is 10.6 Å². The first-order chi connectivity index (χ1) is 9.29. The van der Waals surface area contributed by atoms with Gasteiger partial charge < -0.3 is 4.98 Å². The van der Waals surface area contributed by atoms with E-state index in [1.807, 2.05) is 0 Å². The van der Waals surface area contributed by atoms with E-state index in [2.05, 4.69) is 4.98 Å². The second-order valence-corrected chi connectivity index (χ2v) is 6.69. The Labute approximate surface area is 134 Å². The Kier molecular flexibility index (Phi) is 4.45. The molecule has 2 rings (SSSR count). The second-order valence-electron chi connectivity index (χ2n) is 3.97. The molecular formula is C13H7Cl4NO2. The highest BCUT2D eigenvalue weighted by molar-refractivity contribution is 6.77. The van der Waals surface area contributed by atoms with Crippen LogP contribution in [-0.2, 0) is 0 Å². The number of Topliss-reactive ketones (excluding diaryl/α,β-unsaturated/α-hetero) is 1. The number of aromatic nitrogens is 1. The summed E-state index contributed by atoms with van der Waals surface area (Å²) in [6.45, 7) is 0. The molecule has 104 valence electrons. The molecular weight excluding hydrogens is 344 g/mol. The molecule has 0 amide bonds. The molecule has 0 bridgehead atoms. The molecule has 0 spiro atoms. The Balaban J connectivity index is 2.30. The minimum absolute atomic E-state index is 0.0513. The van der Waals surface area contributed by atoms with Crippen molar-refractivity contribution in [1.82, 2.24) is 4.98 Å². The summed E-state index contributed by atoms with van der Waals surface area (Å²) in [7, 11) is 0. The van der Waals surface area contributed by atoms with Gasteiger partial charge in [-0.1, -0.05) is 58.5 Å². The Morgan fingerprint density at radius 3 is 2.35 bits per heavy atom. The first kappa shape index (κ1) is 15.4. The van der Waals surface area contributed by atoms with Crippen LogP contribution in [0.25, 0.3) is 0 Å². The Bertz CT molecular complexity index is 673. The average molecular weight is 351 g/mol. The van der Waals surface area contributed by atoms with E-state index in [0.717, 1.165) is 0 Å². The van der Waals surface area contributed by atoms with Crippen molar-refractivity contribution in [3.63, 3.8) is 0 Å². The third-order valence-electron chi connectivity index (χ3n) is 2.53. The van der Waals surface area contributed by atoms with Crippen LogP contribution in [0.4, 0.5) is 0 Å². The fourth-order valence-corrected chi connectivity index (χ4v) is 2.10. The van der Waals surface area contributed by atoms with Crippen LogP contribution in [0.1, 0.15) is 26.4 Å². The first-order valence-electron chi connectivity index (χ1n) is 5.39. The number of hydrogen-bond donors (Lipinski definition) is 1. The SMILES string of the molecule is O=C(c1cccc(Cl)c1)c1c[nH]c(C(=O)C(Cl)(Cl)Cl)c1. The van der Waals surface area contributed by atoms with E-state index >= 15 is 0 Å². The van der Waals surface area contributed by atoms with E-state index in [1.165, 1.54) is 18.3 Å². The highest BCUT2D eigenvalue weighted by Crippen LogP contribution is 2.30. The van der Waals surface area contributed by atoms with Crippen LogP contribution in [0.5, 0.6) is 0 Å². The lowest BCUT2D eigenvalue weighted by Crippen LogP contribution is -2.19. The molecule has 20 heavy (non-hydrogen) atoms. The molecule has 1 heterocycles. The van der Waals surface area contributed by atoms with Crippen LogP contribution in [0.2, 0.25) is 5.02 Å². The first-order valence-corrected chi connectivity index (χ1v) is 6.90. The van der Waals surface area contributed by atoms with Gasteiger partial charge in [0, 0.05) is 22.3 Å². The third kappa shape index (κ3) is 3.36. The summed E-state index contributed by atoms with van der Waals surface area (Å²) in [5, 5.41) is 0.448. The number of benzene rings is 1. The molecule has 0 radical (unpaired) electrons. The maximum atomic E-state index is 12.2. The highest BCUT2D eigenvalue weighted by Gasteiger charge is 2.33. The number of rotatable bonds is 3. The van der Waals surface area contributed by atoms with Crippen molar-refractivity contribution in [2.24, 2.45) is 0 Å². The van der Waals surface area contributed by atoms with Crippen LogP contribution >= 0.6 is 46.4 Å². The van der Waals surface area contributed by atoms with Gasteiger partial charge in [0.25, 0.3) is 3.79 Å². The van der Waals surface area contributed by atoms with Crippen molar-refractivity contribution in [1.29, 1.82) is 0 Å². The van der Waals surface area contributed by atoms with Crippen molar-refractivity contribution in [2.45, 2.75) is 3.79 Å². The van der Waals surface area contributed by atoms with Gasteiger partial charge >= 0.3 is 0 Å². The molecule has 1 aromatic carbocycles. The molecule has 0 aliphatic heterocycles. The number of carbonyl (C=O) groups is 2. The third-order valence-corrected chi connectivity index (χ3v) is 3.28. The summed E-state index contributed by atoms with van der Waals surface area (Å²) in [6, 6.07) is 7.82. The monoisotopic (exact) mass is 349 g/mol. The standard InChI is InChI=1S/C13H7Cl4NO2/c14-9-3-1-2-7(4-9)11(19)8-5-10(18-6-8)12(20)13(15,16)17/h1-6,18H. The lowest BCUT2D eigenvalue weighted by atomic mass is 10.1. The van der Waals surface area contributed by atoms with Gasteiger partial charge in [0.15, 0.2) is 5.78 Å². The summed E-state index contributed by atoms with van der Waals surface area (Å²) in [4.78, 5) is 26.5. The van der Waals surface area contributed by atoms with Gasteiger partial charge in [-0.25, -0.2) is 0 Å². The fourth-order valence-electron chi connectivity index (χ4n) is 1.61. The Morgan fingerprint density at radius 1 is 1.05 bits per heavy atom. The molecule has 0 saturated heterocycles. The zero-order chi connectivity index (χ0) is 14.9. The quantitative estimate of drug-likeness (QED) is 0.656. The molecule has 0 fully saturated rings. The van der Waals surface area contributed by atoms with Crippen molar-refractivity contribution in [2.75, 3.05) is 0 Å². The number of H-pyrrole nitrogens is 1. The van der Waals surface area contributed by atoms with E-state index in [1.54, 1.807) is 18.2 Å². The maximum absolute atomic E-state index is 12.2. The average Bonchev–Trinajstić information content (AvgIpc) is 2.85. The highest BCUT2D eigenvalue weighted by atomic mass is 35.6. The summed E-state index contributed by atoms with van der Waals surface area (Å²) in [6.07, 6.45) is 1.38. The topological polar surface area (TPSA) is 49.9 Å². The normalized spacial score (nSPS) is 11.4. The van der Waals surface area contributed by atoms with Gasteiger partial charge in [-0.3, -0.25) is 9.59 Å². The number of nitrogens with one attached hydrogen (secondary N) is 1. The van der Waals surface area contributed by atoms with E-state index in [4.69, 9.17) is 46.4 Å². The minimum Gasteiger partial charge on any atom is -0.358 e. The van der Waals surface area contributed by atoms with Crippen molar-refractivity contribution >= 4 is 58.0 Å². The molecule has 0 aliphatic rings. The Hall–Kier alpha value is -1.000. The summed E-state index contributed by atoms with van der Waals surface area (Å²) in [5.74, 6) is -1.01. The summed E-state index contributed by atoms with van der Waals surface area (Å²) >= 11 is 22.3. The summed E-state index contributed by atoms with van der Waals surface area (Å²) < 4.78 is -2.07. The number of carbonyl (C=O) groups excluding carboxylic acids is 2. The van der Waals surface area contributed by atoms with Crippen LogP contribution < -0.4 is 0 Å². The van der Waals surface area contributed by atoms with Crippen molar-refractivity contribution in [3.8, 4) is 0 Å². The minimum atomic E-state index is -2.07. The molecule has 0 unspecified atom stereocenters. The number of halogens is 4. The zero-order valence-corrected chi connectivity index (χ0v) is 12.8. The van der Waals surface area contributed by atoms with E-state index in [9.17, 15) is 9.59 Å². The van der Waals surface area contributed by atoms with E-state index < -0.39 is 9.58 Å². The number of aromatic amines is 1. The van der Waals surface area contributed by atoms with Crippen LogP contribution in [-0.4, -0.2) is 20.3 Å². The molecule has 7 heteroatoms. The van der Waals surface area contributed by atoms with Gasteiger partial charge in [0.1, 0.15) is 0 Å². The molecule has 0 aliphatic carbocycles. The van der Waals surface area contributed by atoms with Gasteiger partial charge in [-0.15, -0.1) is 0 Å². The Morgan fingerprint density at radius 2 is 1.75 bits per heavy atom. The predicted octanol–water partition coefficient (Wildman–Crippen LogP) is 4.45. The van der Waals surface area contributed by atoms with Crippen LogP contribution in [0, 0.1) is 0 Å². The molecule has 0 saturated carbocycles. The fraction of sp³-hybridized carbons (Fsp3) is 0.0769. The smallest absolute Gasteiger partial charge is 0.254 e. The molecule has 2 aromatic rings. The van der Waals surface area contributed by atoms with Gasteiger partial charge in [0.2, 0.25) is 5.78 Å². The predicted molar refractivity (Wildman–Crippen MR) is 80.3 cm³/mol. The molecule has 1 N–H and O–H groups in total. The van der Waals surface area contributed by atoms with Crippen LogP contribution in [0.3, 0.4) is 0 Å². The van der Waals surface area contributed by atoms with Gasteiger partial charge in [-0.2, -0.15) is 0 Å². The lowest BCUT2D eigenvalue weighted by molar-refractivity contribution is 0.0992. The van der Waals surface area contributed by atoms with Gasteiger partial charge in [0.05, 0.1) is 5.69 Å². The van der Waals surface area contributed by atoms with Crippen molar-refractivity contribution < 1.29 is 9.59 Å². The molecule has 1 aromatic heterocycles. The molecule has 0 atom stereocenters. The lowest BCUT2D eigenvalue weighted by Gasteiger charge is -2.06. The largest absolute Gasteiger partial charge is 0.358 e. The van der Waals surface area contributed by atoms with E-state index in [-0.39, 0.29) is 17.0 Å². The maximum Gasteiger partial charge on any atom is 0.254 e. The number of alkyl halides is 3. The number of ketones is 2. The second kappa shape index (κ2) is 5.78. The zero-order valence-electron chi connectivity index (χ0n) is 9.79.